The van der Waals surface area contributed by atoms with Crippen molar-refractivity contribution in [2.45, 2.75) is 6.54 Å². The summed E-state index contributed by atoms with van der Waals surface area (Å²) in [5, 5.41) is 0.501. The molecule has 7 heteroatoms. The summed E-state index contributed by atoms with van der Waals surface area (Å²) in [6, 6.07) is 11.6. The molecule has 1 aliphatic rings. The molecule has 0 aliphatic carbocycles. The predicted molar refractivity (Wildman–Crippen MR) is 92.8 cm³/mol. The second-order valence-electron chi connectivity index (χ2n) is 5.58. The van der Waals surface area contributed by atoms with Gasteiger partial charge in [0.2, 0.25) is 0 Å². The molecule has 0 bridgehead atoms. The largest absolute Gasteiger partial charge is 0.364 e. The highest BCUT2D eigenvalue weighted by atomic mass is 35.5. The average Bonchev–Trinajstić information content (AvgIpc) is 2.94. The summed E-state index contributed by atoms with van der Waals surface area (Å²) in [6.07, 6.45) is 1.52. The fourth-order valence-corrected chi connectivity index (χ4v) is 3.14. The Labute approximate surface area is 147 Å². The lowest BCUT2D eigenvalue weighted by molar-refractivity contribution is 0.0995. The zero-order chi connectivity index (χ0) is 17.6. The van der Waals surface area contributed by atoms with E-state index in [2.05, 4.69) is 9.98 Å². The molecule has 4 rings (SSSR count). The number of carbonyl (C=O) groups excluding carboxylic acids is 1. The van der Waals surface area contributed by atoms with E-state index in [-0.39, 0.29) is 18.1 Å². The zero-order valence-corrected chi connectivity index (χ0v) is 13.7. The maximum absolute atomic E-state index is 14.4. The first-order chi connectivity index (χ1) is 12.1. The summed E-state index contributed by atoms with van der Waals surface area (Å²) >= 11 is 6.16. The minimum atomic E-state index is -0.631. The van der Waals surface area contributed by atoms with Gasteiger partial charge in [-0.05, 0) is 30.3 Å². The number of fused-ring (bicyclic) bond motifs is 3. The van der Waals surface area contributed by atoms with Crippen molar-refractivity contribution >= 4 is 23.2 Å². The quantitative estimate of drug-likeness (QED) is 0.768. The molecule has 2 aromatic carbocycles. The minimum absolute atomic E-state index is 0.147. The number of halogens is 2. The van der Waals surface area contributed by atoms with Crippen LogP contribution < -0.4 is 5.73 Å². The van der Waals surface area contributed by atoms with Crippen LogP contribution in [0.3, 0.4) is 0 Å². The number of carbonyl (C=O) groups is 1. The Morgan fingerprint density at radius 2 is 2.00 bits per heavy atom. The van der Waals surface area contributed by atoms with Crippen molar-refractivity contribution in [1.82, 2.24) is 9.55 Å². The van der Waals surface area contributed by atoms with E-state index in [4.69, 9.17) is 17.3 Å². The van der Waals surface area contributed by atoms with Gasteiger partial charge in [0.15, 0.2) is 5.69 Å². The first-order valence-electron chi connectivity index (χ1n) is 7.52. The zero-order valence-electron chi connectivity index (χ0n) is 12.9. The van der Waals surface area contributed by atoms with Gasteiger partial charge in [0.05, 0.1) is 23.6 Å². The first kappa shape index (κ1) is 15.5. The lowest BCUT2D eigenvalue weighted by Crippen LogP contribution is -2.14. The molecule has 1 amide bonds. The minimum Gasteiger partial charge on any atom is -0.364 e. The van der Waals surface area contributed by atoms with E-state index in [1.54, 1.807) is 41.0 Å². The number of nitrogens with two attached hydrogens (primary N) is 1. The molecule has 2 N–H and O–H groups in total. The van der Waals surface area contributed by atoms with E-state index in [1.807, 2.05) is 0 Å². The summed E-state index contributed by atoms with van der Waals surface area (Å²) < 4.78 is 16.1. The standard InChI is InChI=1S/C18H12ClFN4O/c19-10-5-6-14-12(7-10)16(11-3-1-2-4-13(11)20)22-8-15-17(18(21)25)23-9-24(14)15/h1-7,9H,8H2,(H2,21,25). The Hall–Kier alpha value is -2.99. The fourth-order valence-electron chi connectivity index (χ4n) is 2.97. The summed E-state index contributed by atoms with van der Waals surface area (Å²) in [5.74, 6) is -1.01. The van der Waals surface area contributed by atoms with Gasteiger partial charge in [-0.2, -0.15) is 0 Å². The Kier molecular flexibility index (Phi) is 3.62. The van der Waals surface area contributed by atoms with Crippen LogP contribution in [0.5, 0.6) is 0 Å². The van der Waals surface area contributed by atoms with Crippen LogP contribution in [0.1, 0.15) is 27.3 Å². The maximum atomic E-state index is 14.4. The van der Waals surface area contributed by atoms with Gasteiger partial charge in [-0.1, -0.05) is 23.7 Å². The lowest BCUT2D eigenvalue weighted by Gasteiger charge is -2.12. The molecule has 3 aromatic rings. The third-order valence-corrected chi connectivity index (χ3v) is 4.32. The van der Waals surface area contributed by atoms with Crippen LogP contribution in [0.25, 0.3) is 5.69 Å². The van der Waals surface area contributed by atoms with Crippen molar-refractivity contribution in [3.05, 3.63) is 82.1 Å². The van der Waals surface area contributed by atoms with Gasteiger partial charge in [0, 0.05) is 16.1 Å². The van der Waals surface area contributed by atoms with E-state index < -0.39 is 5.91 Å². The summed E-state index contributed by atoms with van der Waals surface area (Å²) in [5.41, 5.74) is 8.31. The van der Waals surface area contributed by atoms with Gasteiger partial charge in [-0.3, -0.25) is 14.4 Å². The SMILES string of the molecule is NC(=O)c1ncn2c1CN=C(c1ccccc1F)c1cc(Cl)ccc1-2. The van der Waals surface area contributed by atoms with E-state index in [0.29, 0.717) is 33.2 Å². The molecule has 124 valence electrons. The van der Waals surface area contributed by atoms with Gasteiger partial charge < -0.3 is 5.73 Å². The summed E-state index contributed by atoms with van der Waals surface area (Å²) in [7, 11) is 0. The van der Waals surface area contributed by atoms with Crippen molar-refractivity contribution in [3.8, 4) is 5.69 Å². The number of nitrogens with zero attached hydrogens (tertiary/aromatic N) is 3. The molecule has 0 atom stereocenters. The predicted octanol–water partition coefficient (Wildman–Crippen LogP) is 3.11. The van der Waals surface area contributed by atoms with E-state index >= 15 is 0 Å². The molecule has 5 nitrogen and oxygen atoms in total. The number of rotatable bonds is 2. The average molecular weight is 355 g/mol. The Bertz CT molecular complexity index is 1040. The van der Waals surface area contributed by atoms with Gasteiger partial charge >= 0.3 is 0 Å². The molecule has 1 aromatic heterocycles. The molecule has 0 saturated carbocycles. The second kappa shape index (κ2) is 5.82. The molecule has 0 spiro atoms. The summed E-state index contributed by atoms with van der Waals surface area (Å²) in [6.45, 7) is 0.147. The molecule has 25 heavy (non-hydrogen) atoms. The fraction of sp³-hybridized carbons (Fsp3) is 0.0556. The van der Waals surface area contributed by atoms with Gasteiger partial charge in [-0.15, -0.1) is 0 Å². The number of amides is 1. The van der Waals surface area contributed by atoms with Crippen LogP contribution in [-0.2, 0) is 6.54 Å². The molecular formula is C18H12ClFN4O. The van der Waals surface area contributed by atoms with Crippen molar-refractivity contribution in [2.75, 3.05) is 0 Å². The second-order valence-corrected chi connectivity index (χ2v) is 6.02. The summed E-state index contributed by atoms with van der Waals surface area (Å²) in [4.78, 5) is 20.3. The number of aromatic nitrogens is 2. The van der Waals surface area contributed by atoms with Crippen LogP contribution in [0, 0.1) is 5.82 Å². The monoisotopic (exact) mass is 354 g/mol. The first-order valence-corrected chi connectivity index (χ1v) is 7.89. The molecule has 0 fully saturated rings. The van der Waals surface area contributed by atoms with E-state index in [0.717, 1.165) is 0 Å². The highest BCUT2D eigenvalue weighted by Crippen LogP contribution is 2.29. The highest BCUT2D eigenvalue weighted by molar-refractivity contribution is 6.31. The van der Waals surface area contributed by atoms with Crippen molar-refractivity contribution in [1.29, 1.82) is 0 Å². The normalized spacial score (nSPS) is 12.8. The molecule has 0 radical (unpaired) electrons. The van der Waals surface area contributed by atoms with Crippen LogP contribution in [0.4, 0.5) is 4.39 Å². The van der Waals surface area contributed by atoms with Crippen molar-refractivity contribution in [3.63, 3.8) is 0 Å². The Balaban J connectivity index is 2.01. The number of aliphatic imine (C=N–C) groups is 1. The van der Waals surface area contributed by atoms with Gasteiger partial charge in [-0.25, -0.2) is 9.37 Å². The van der Waals surface area contributed by atoms with Gasteiger partial charge in [0.1, 0.15) is 12.1 Å². The third-order valence-electron chi connectivity index (χ3n) is 4.09. The number of hydrogen-bond acceptors (Lipinski definition) is 3. The van der Waals surface area contributed by atoms with Crippen LogP contribution in [0.2, 0.25) is 5.02 Å². The van der Waals surface area contributed by atoms with Gasteiger partial charge in [0.25, 0.3) is 5.91 Å². The Morgan fingerprint density at radius 3 is 2.76 bits per heavy atom. The molecule has 0 saturated heterocycles. The smallest absolute Gasteiger partial charge is 0.269 e. The third kappa shape index (κ3) is 2.51. The lowest BCUT2D eigenvalue weighted by atomic mass is 10.00. The maximum Gasteiger partial charge on any atom is 0.269 e. The van der Waals surface area contributed by atoms with Crippen LogP contribution in [0.15, 0.2) is 53.8 Å². The number of benzene rings is 2. The molecule has 0 unspecified atom stereocenters. The Morgan fingerprint density at radius 1 is 1.20 bits per heavy atom. The molecule has 2 heterocycles. The van der Waals surface area contributed by atoms with Crippen molar-refractivity contribution < 1.29 is 9.18 Å². The molecule has 1 aliphatic heterocycles. The highest BCUT2D eigenvalue weighted by Gasteiger charge is 2.24. The van der Waals surface area contributed by atoms with Crippen LogP contribution in [-0.4, -0.2) is 21.2 Å². The number of primary amides is 1. The van der Waals surface area contributed by atoms with Crippen molar-refractivity contribution in [2.24, 2.45) is 10.7 Å². The topological polar surface area (TPSA) is 73.3 Å². The number of hydrogen-bond donors (Lipinski definition) is 1. The van der Waals surface area contributed by atoms with Crippen LogP contribution >= 0.6 is 11.6 Å². The number of imidazole rings is 1. The van der Waals surface area contributed by atoms with E-state index in [1.165, 1.54) is 12.4 Å². The van der Waals surface area contributed by atoms with E-state index in [9.17, 15) is 9.18 Å². The molecular weight excluding hydrogens is 343 g/mol.